The Labute approximate surface area is 164 Å². The second kappa shape index (κ2) is 6.74. The molecule has 0 heterocycles. The predicted octanol–water partition coefficient (Wildman–Crippen LogP) is 5.49. The molecule has 0 aromatic carbocycles. The monoisotopic (exact) mass is 372 g/mol. The molecule has 1 unspecified atom stereocenters. The summed E-state index contributed by atoms with van der Waals surface area (Å²) in [5, 5.41) is 9.08. The van der Waals surface area contributed by atoms with Crippen LogP contribution in [0.5, 0.6) is 0 Å². The van der Waals surface area contributed by atoms with E-state index in [0.29, 0.717) is 41.3 Å². The Hall–Kier alpha value is -1.12. The van der Waals surface area contributed by atoms with Gasteiger partial charge in [0.05, 0.1) is 0 Å². The van der Waals surface area contributed by atoms with Crippen LogP contribution < -0.4 is 0 Å². The fourth-order valence-electron chi connectivity index (χ4n) is 7.91. The van der Waals surface area contributed by atoms with E-state index in [1.165, 1.54) is 25.7 Å². The van der Waals surface area contributed by atoms with Crippen LogP contribution >= 0.6 is 0 Å². The van der Waals surface area contributed by atoms with E-state index in [9.17, 15) is 9.59 Å². The van der Waals surface area contributed by atoms with Gasteiger partial charge in [-0.3, -0.25) is 9.59 Å². The average Bonchev–Trinajstić information content (AvgIpc) is 2.97. The summed E-state index contributed by atoms with van der Waals surface area (Å²) in [6.07, 6.45) is 13.9. The summed E-state index contributed by atoms with van der Waals surface area (Å²) in [6.45, 7) is 7.19. The third kappa shape index (κ3) is 3.00. The minimum Gasteiger partial charge on any atom is -0.481 e. The van der Waals surface area contributed by atoms with Gasteiger partial charge in [0, 0.05) is 19.3 Å². The smallest absolute Gasteiger partial charge is 0.303 e. The maximum Gasteiger partial charge on any atom is 0.303 e. The normalized spacial score (nSPS) is 47.1. The van der Waals surface area contributed by atoms with E-state index in [4.69, 9.17) is 5.11 Å². The zero-order valence-electron chi connectivity index (χ0n) is 17.2. The summed E-state index contributed by atoms with van der Waals surface area (Å²) in [6, 6.07) is 0. The van der Waals surface area contributed by atoms with Gasteiger partial charge in [0.1, 0.15) is 5.78 Å². The van der Waals surface area contributed by atoms with Crippen LogP contribution in [0, 0.1) is 46.3 Å². The van der Waals surface area contributed by atoms with E-state index < -0.39 is 5.97 Å². The Kier molecular flexibility index (Phi) is 4.79. The minimum atomic E-state index is -0.668. The van der Waals surface area contributed by atoms with Gasteiger partial charge in [0.25, 0.3) is 0 Å². The number of Topliss-reactive ketones (excluding diaryl/α,β-unsaturated/α-hetero) is 1. The molecule has 0 aromatic heterocycles. The van der Waals surface area contributed by atoms with Crippen molar-refractivity contribution in [2.75, 3.05) is 0 Å². The van der Waals surface area contributed by atoms with Crippen LogP contribution in [0.25, 0.3) is 0 Å². The molecule has 27 heavy (non-hydrogen) atoms. The van der Waals surface area contributed by atoms with E-state index in [0.717, 1.165) is 37.5 Å². The lowest BCUT2D eigenvalue weighted by Gasteiger charge is -2.58. The van der Waals surface area contributed by atoms with Crippen molar-refractivity contribution in [3.05, 3.63) is 12.2 Å². The van der Waals surface area contributed by atoms with Gasteiger partial charge in [-0.1, -0.05) is 32.9 Å². The molecule has 4 aliphatic carbocycles. The molecule has 0 spiro atoms. The molecule has 4 aliphatic rings. The SMILES string of the molecule is CC(CCC(=O)O)[C@H]1CC[C@H]2[C@@H]3CC[C@@H]4CC(=O)CC[C@]4(C)[C@H]3C=C[C@]12C. The standard InChI is InChI=1S/C24H36O3/c1-15(4-9-22(26)27)19-7-8-20-18-6-5-16-14-17(25)10-12-23(16,2)21(18)11-13-24(19,20)3/h11,13,15-16,18-21H,4-10,12,14H2,1-3H3,(H,26,27)/t15?,16-,18+,19-,20+,21+,23+,24-/m1/s1. The van der Waals surface area contributed by atoms with Crippen molar-refractivity contribution in [2.45, 2.75) is 78.6 Å². The van der Waals surface area contributed by atoms with E-state index in [2.05, 4.69) is 32.9 Å². The first-order valence-corrected chi connectivity index (χ1v) is 11.2. The lowest BCUT2D eigenvalue weighted by molar-refractivity contribution is -0.137. The zero-order valence-corrected chi connectivity index (χ0v) is 17.2. The van der Waals surface area contributed by atoms with Crippen molar-refractivity contribution < 1.29 is 14.7 Å². The zero-order chi connectivity index (χ0) is 19.4. The number of hydrogen-bond donors (Lipinski definition) is 1. The Bertz CT molecular complexity index is 652. The summed E-state index contributed by atoms with van der Waals surface area (Å²) in [5.41, 5.74) is 0.536. The van der Waals surface area contributed by atoms with Crippen LogP contribution in [0.1, 0.15) is 78.6 Å². The summed E-state index contributed by atoms with van der Waals surface area (Å²) in [5.74, 6) is 3.60. The van der Waals surface area contributed by atoms with Crippen LogP contribution in [0.2, 0.25) is 0 Å². The molecule has 3 heteroatoms. The summed E-state index contributed by atoms with van der Waals surface area (Å²) < 4.78 is 0. The molecule has 3 saturated carbocycles. The molecule has 0 aromatic rings. The molecular formula is C24H36O3. The van der Waals surface area contributed by atoms with Crippen LogP contribution in [0.15, 0.2) is 12.2 Å². The number of ketones is 1. The maximum absolute atomic E-state index is 12.0. The Morgan fingerprint density at radius 3 is 2.78 bits per heavy atom. The second-order valence-corrected chi connectivity index (χ2v) is 10.6. The lowest BCUT2D eigenvalue weighted by Crippen LogP contribution is -2.51. The van der Waals surface area contributed by atoms with E-state index in [1.807, 2.05) is 0 Å². The fourth-order valence-corrected chi connectivity index (χ4v) is 7.91. The number of fused-ring (bicyclic) bond motifs is 5. The first-order valence-electron chi connectivity index (χ1n) is 11.2. The number of rotatable bonds is 4. The lowest BCUT2D eigenvalue weighted by atomic mass is 9.46. The molecule has 0 amide bonds. The number of hydrogen-bond acceptors (Lipinski definition) is 2. The van der Waals surface area contributed by atoms with E-state index >= 15 is 0 Å². The van der Waals surface area contributed by atoms with Crippen molar-refractivity contribution in [1.82, 2.24) is 0 Å². The highest BCUT2D eigenvalue weighted by molar-refractivity contribution is 5.79. The third-order valence-corrected chi connectivity index (χ3v) is 9.49. The Balaban J connectivity index is 1.57. The van der Waals surface area contributed by atoms with Gasteiger partial charge in [0.2, 0.25) is 0 Å². The first kappa shape index (κ1) is 19.2. The van der Waals surface area contributed by atoms with Crippen molar-refractivity contribution >= 4 is 11.8 Å². The number of carbonyl (C=O) groups is 2. The number of carboxylic acid groups (broad SMARTS) is 1. The highest BCUT2D eigenvalue weighted by Crippen LogP contribution is 2.65. The van der Waals surface area contributed by atoms with Crippen LogP contribution in [0.4, 0.5) is 0 Å². The van der Waals surface area contributed by atoms with Gasteiger partial charge in [-0.25, -0.2) is 0 Å². The topological polar surface area (TPSA) is 54.4 Å². The van der Waals surface area contributed by atoms with Crippen LogP contribution in [0.3, 0.4) is 0 Å². The second-order valence-electron chi connectivity index (χ2n) is 10.6. The molecule has 0 saturated heterocycles. The molecule has 0 bridgehead atoms. The average molecular weight is 373 g/mol. The van der Waals surface area contributed by atoms with Crippen LogP contribution in [-0.4, -0.2) is 16.9 Å². The molecule has 3 nitrogen and oxygen atoms in total. The van der Waals surface area contributed by atoms with E-state index in [-0.39, 0.29) is 5.41 Å². The molecule has 0 radical (unpaired) electrons. The molecule has 8 atom stereocenters. The molecule has 1 N–H and O–H groups in total. The number of aliphatic carboxylic acids is 1. The third-order valence-electron chi connectivity index (χ3n) is 9.49. The molecule has 3 fully saturated rings. The quantitative estimate of drug-likeness (QED) is 0.664. The van der Waals surface area contributed by atoms with Gasteiger partial charge >= 0.3 is 5.97 Å². The van der Waals surface area contributed by atoms with Crippen molar-refractivity contribution in [1.29, 1.82) is 0 Å². The first-order chi connectivity index (χ1) is 12.8. The predicted molar refractivity (Wildman–Crippen MR) is 106 cm³/mol. The van der Waals surface area contributed by atoms with Gasteiger partial charge in [-0.2, -0.15) is 0 Å². The highest BCUT2D eigenvalue weighted by Gasteiger charge is 2.58. The van der Waals surface area contributed by atoms with Gasteiger partial charge in [-0.15, -0.1) is 0 Å². The largest absolute Gasteiger partial charge is 0.481 e. The summed E-state index contributed by atoms with van der Waals surface area (Å²) >= 11 is 0. The Morgan fingerprint density at radius 2 is 2.04 bits per heavy atom. The van der Waals surface area contributed by atoms with Crippen LogP contribution in [-0.2, 0) is 9.59 Å². The molecule has 150 valence electrons. The summed E-state index contributed by atoms with van der Waals surface area (Å²) in [7, 11) is 0. The summed E-state index contributed by atoms with van der Waals surface area (Å²) in [4.78, 5) is 23.0. The van der Waals surface area contributed by atoms with Crippen molar-refractivity contribution in [3.8, 4) is 0 Å². The highest BCUT2D eigenvalue weighted by atomic mass is 16.4. The molecule has 4 rings (SSSR count). The number of allylic oxidation sites excluding steroid dienone is 2. The minimum absolute atomic E-state index is 0.229. The van der Waals surface area contributed by atoms with Crippen molar-refractivity contribution in [3.63, 3.8) is 0 Å². The molecule has 0 aliphatic heterocycles. The van der Waals surface area contributed by atoms with Gasteiger partial charge in [-0.05, 0) is 84.9 Å². The van der Waals surface area contributed by atoms with Gasteiger partial charge in [0.15, 0.2) is 0 Å². The maximum atomic E-state index is 12.0. The molecular weight excluding hydrogens is 336 g/mol. The number of carbonyl (C=O) groups excluding carboxylic acids is 1. The Morgan fingerprint density at radius 1 is 1.26 bits per heavy atom. The fraction of sp³-hybridized carbons (Fsp3) is 0.833. The number of carboxylic acids is 1. The van der Waals surface area contributed by atoms with Gasteiger partial charge < -0.3 is 5.11 Å². The van der Waals surface area contributed by atoms with E-state index in [1.54, 1.807) is 0 Å². The van der Waals surface area contributed by atoms with Crippen molar-refractivity contribution in [2.24, 2.45) is 46.3 Å².